The van der Waals surface area contributed by atoms with Crippen LogP contribution in [-0.2, 0) is 13.6 Å². The van der Waals surface area contributed by atoms with Crippen LogP contribution in [0.1, 0.15) is 25.5 Å². The van der Waals surface area contributed by atoms with Crippen molar-refractivity contribution in [1.82, 2.24) is 15.2 Å². The minimum absolute atomic E-state index is 0.740. The van der Waals surface area contributed by atoms with Crippen LogP contribution in [-0.4, -0.2) is 16.2 Å². The molecule has 0 aliphatic heterocycles. The van der Waals surface area contributed by atoms with Crippen LogP contribution in [0, 0.1) is 0 Å². The predicted molar refractivity (Wildman–Crippen MR) is 67.8 cm³/mol. The molecule has 15 heavy (non-hydrogen) atoms. The molecule has 0 saturated heterocycles. The Morgan fingerprint density at radius 1 is 1.47 bits per heavy atom. The quantitative estimate of drug-likeness (QED) is 0.591. The van der Waals surface area contributed by atoms with E-state index < -0.39 is 0 Å². The van der Waals surface area contributed by atoms with E-state index in [1.54, 1.807) is 0 Å². The molecule has 0 aliphatic rings. The number of aromatic nitrogens is 1. The summed E-state index contributed by atoms with van der Waals surface area (Å²) in [6.07, 6.45) is 4.38. The third-order valence-electron chi connectivity index (χ3n) is 2.30. The Labute approximate surface area is 96.9 Å². The van der Waals surface area contributed by atoms with Gasteiger partial charge in [0.1, 0.15) is 0 Å². The molecule has 0 radical (unpaired) electrons. The van der Waals surface area contributed by atoms with Gasteiger partial charge in [-0.15, -0.1) is 0 Å². The molecular formula is C11H19N3S. The average Bonchev–Trinajstić information content (AvgIpc) is 2.61. The normalized spacial score (nSPS) is 10.0. The first-order valence-electron chi connectivity index (χ1n) is 5.36. The fourth-order valence-electron chi connectivity index (χ4n) is 1.29. The lowest BCUT2D eigenvalue weighted by molar-refractivity contribution is 0.725. The van der Waals surface area contributed by atoms with Crippen LogP contribution in [0.4, 0.5) is 0 Å². The number of aryl methyl sites for hydroxylation is 1. The number of hydrogen-bond acceptors (Lipinski definition) is 1. The van der Waals surface area contributed by atoms with Crippen molar-refractivity contribution in [1.29, 1.82) is 0 Å². The van der Waals surface area contributed by atoms with E-state index in [1.807, 2.05) is 19.3 Å². The highest BCUT2D eigenvalue weighted by atomic mass is 32.1. The van der Waals surface area contributed by atoms with E-state index in [1.165, 1.54) is 12.1 Å². The second-order valence-electron chi connectivity index (χ2n) is 3.57. The lowest BCUT2D eigenvalue weighted by atomic mass is 10.3. The Hall–Kier alpha value is -1.03. The standard InChI is InChI=1S/C11H19N3S/c1-3-4-7-12-11(15)13-9-10-6-5-8-14(10)2/h5-6,8H,3-4,7,9H2,1-2H3,(H2,12,13,15). The highest BCUT2D eigenvalue weighted by Crippen LogP contribution is 1.98. The fraction of sp³-hybridized carbons (Fsp3) is 0.545. The van der Waals surface area contributed by atoms with Crippen molar-refractivity contribution in [3.8, 4) is 0 Å². The highest BCUT2D eigenvalue weighted by Gasteiger charge is 1.98. The fourth-order valence-corrected chi connectivity index (χ4v) is 1.47. The first-order valence-corrected chi connectivity index (χ1v) is 5.76. The van der Waals surface area contributed by atoms with Crippen LogP contribution in [0.3, 0.4) is 0 Å². The van der Waals surface area contributed by atoms with Gasteiger partial charge in [0.15, 0.2) is 5.11 Å². The molecule has 0 saturated carbocycles. The van der Waals surface area contributed by atoms with Gasteiger partial charge in [0.05, 0.1) is 6.54 Å². The maximum Gasteiger partial charge on any atom is 0.166 e. The molecular weight excluding hydrogens is 206 g/mol. The largest absolute Gasteiger partial charge is 0.363 e. The van der Waals surface area contributed by atoms with Crippen LogP contribution in [0.5, 0.6) is 0 Å². The second-order valence-corrected chi connectivity index (χ2v) is 3.98. The molecule has 0 atom stereocenters. The van der Waals surface area contributed by atoms with Gasteiger partial charge >= 0.3 is 0 Å². The number of thiocarbonyl (C=S) groups is 1. The molecule has 0 spiro atoms. The SMILES string of the molecule is CCCCNC(=S)NCc1cccn1C. The zero-order chi connectivity index (χ0) is 11.1. The number of hydrogen-bond donors (Lipinski definition) is 2. The van der Waals surface area contributed by atoms with Crippen LogP contribution in [0.15, 0.2) is 18.3 Å². The summed E-state index contributed by atoms with van der Waals surface area (Å²) < 4.78 is 2.08. The first kappa shape index (κ1) is 12.0. The van der Waals surface area contributed by atoms with Gasteiger partial charge < -0.3 is 15.2 Å². The number of unbranched alkanes of at least 4 members (excludes halogenated alkanes) is 1. The van der Waals surface area contributed by atoms with Crippen molar-refractivity contribution >= 4 is 17.3 Å². The molecule has 0 amide bonds. The van der Waals surface area contributed by atoms with Gasteiger partial charge in [0, 0.05) is 25.5 Å². The van der Waals surface area contributed by atoms with Gasteiger partial charge in [0.25, 0.3) is 0 Å². The van der Waals surface area contributed by atoms with Gasteiger partial charge in [-0.25, -0.2) is 0 Å². The van der Waals surface area contributed by atoms with Crippen molar-refractivity contribution in [2.45, 2.75) is 26.3 Å². The maximum atomic E-state index is 5.15. The molecule has 2 N–H and O–H groups in total. The van der Waals surface area contributed by atoms with Crippen molar-refractivity contribution in [3.63, 3.8) is 0 Å². The van der Waals surface area contributed by atoms with Crippen molar-refractivity contribution in [2.75, 3.05) is 6.54 Å². The van der Waals surface area contributed by atoms with Crippen LogP contribution < -0.4 is 10.6 Å². The Morgan fingerprint density at radius 3 is 2.87 bits per heavy atom. The molecule has 1 aromatic heterocycles. The molecule has 3 nitrogen and oxygen atoms in total. The summed E-state index contributed by atoms with van der Waals surface area (Å²) in [4.78, 5) is 0. The number of rotatable bonds is 5. The third kappa shape index (κ3) is 4.34. The summed E-state index contributed by atoms with van der Waals surface area (Å²) in [6, 6.07) is 4.12. The molecule has 1 heterocycles. The van der Waals surface area contributed by atoms with Gasteiger partial charge in [-0.3, -0.25) is 0 Å². The molecule has 1 aromatic rings. The van der Waals surface area contributed by atoms with E-state index in [4.69, 9.17) is 12.2 Å². The Balaban J connectivity index is 2.20. The summed E-state index contributed by atoms with van der Waals surface area (Å²) in [5, 5.41) is 7.10. The maximum absolute atomic E-state index is 5.15. The van der Waals surface area contributed by atoms with Crippen LogP contribution in [0.2, 0.25) is 0 Å². The molecule has 1 rings (SSSR count). The van der Waals surface area contributed by atoms with E-state index in [0.717, 1.165) is 24.6 Å². The van der Waals surface area contributed by atoms with Crippen LogP contribution in [0.25, 0.3) is 0 Å². The van der Waals surface area contributed by atoms with Gasteiger partial charge in [-0.2, -0.15) is 0 Å². The summed E-state index contributed by atoms with van der Waals surface area (Å²) in [6.45, 7) is 3.90. The molecule has 0 aliphatic carbocycles. The van der Waals surface area contributed by atoms with Gasteiger partial charge in [0.2, 0.25) is 0 Å². The smallest absolute Gasteiger partial charge is 0.166 e. The Bertz CT molecular complexity index is 307. The molecule has 4 heteroatoms. The number of nitrogens with one attached hydrogen (secondary N) is 2. The zero-order valence-corrected chi connectivity index (χ0v) is 10.2. The van der Waals surface area contributed by atoms with E-state index in [-0.39, 0.29) is 0 Å². The van der Waals surface area contributed by atoms with Gasteiger partial charge in [-0.1, -0.05) is 13.3 Å². The monoisotopic (exact) mass is 225 g/mol. The van der Waals surface area contributed by atoms with E-state index in [0.29, 0.717) is 0 Å². The van der Waals surface area contributed by atoms with E-state index >= 15 is 0 Å². The summed E-state index contributed by atoms with van der Waals surface area (Å²) in [5.41, 5.74) is 1.23. The molecule has 0 fully saturated rings. The molecule has 84 valence electrons. The second kappa shape index (κ2) is 6.45. The highest BCUT2D eigenvalue weighted by molar-refractivity contribution is 7.80. The minimum Gasteiger partial charge on any atom is -0.363 e. The topological polar surface area (TPSA) is 29.0 Å². The minimum atomic E-state index is 0.740. The van der Waals surface area contributed by atoms with E-state index in [2.05, 4.69) is 28.2 Å². The third-order valence-corrected chi connectivity index (χ3v) is 2.59. The summed E-state index contributed by atoms with van der Waals surface area (Å²) in [7, 11) is 2.03. The van der Waals surface area contributed by atoms with E-state index in [9.17, 15) is 0 Å². The molecule has 0 bridgehead atoms. The molecule has 0 unspecified atom stereocenters. The lowest BCUT2D eigenvalue weighted by Crippen LogP contribution is -2.35. The number of nitrogens with zero attached hydrogens (tertiary/aromatic N) is 1. The summed E-state index contributed by atoms with van der Waals surface area (Å²) in [5.74, 6) is 0. The lowest BCUT2D eigenvalue weighted by Gasteiger charge is -2.10. The van der Waals surface area contributed by atoms with Crippen molar-refractivity contribution < 1.29 is 0 Å². The average molecular weight is 225 g/mol. The Kier molecular flexibility index (Phi) is 5.18. The van der Waals surface area contributed by atoms with Crippen LogP contribution >= 0.6 is 12.2 Å². The Morgan fingerprint density at radius 2 is 2.27 bits per heavy atom. The van der Waals surface area contributed by atoms with Crippen molar-refractivity contribution in [2.24, 2.45) is 7.05 Å². The zero-order valence-electron chi connectivity index (χ0n) is 9.42. The molecule has 0 aromatic carbocycles. The summed E-state index contributed by atoms with van der Waals surface area (Å²) >= 11 is 5.15. The van der Waals surface area contributed by atoms with Gasteiger partial charge in [-0.05, 0) is 30.8 Å². The predicted octanol–water partition coefficient (Wildman–Crippen LogP) is 1.79. The first-order chi connectivity index (χ1) is 7.24. The van der Waals surface area contributed by atoms with Crippen molar-refractivity contribution in [3.05, 3.63) is 24.0 Å².